The number of nitrogens with zero attached hydrogens (tertiary/aromatic N) is 1. The van der Waals surface area contributed by atoms with Crippen LogP contribution in [-0.4, -0.2) is 49.6 Å². The van der Waals surface area contributed by atoms with Gasteiger partial charge >= 0.3 is 0 Å². The number of carbonyl (C=O) groups is 2. The Bertz CT molecular complexity index is 579. The van der Waals surface area contributed by atoms with Crippen LogP contribution in [0.3, 0.4) is 0 Å². The van der Waals surface area contributed by atoms with Crippen LogP contribution in [0.2, 0.25) is 0 Å². The summed E-state index contributed by atoms with van der Waals surface area (Å²) in [7, 11) is 0. The van der Waals surface area contributed by atoms with Crippen LogP contribution in [0.1, 0.15) is 12.0 Å². The Balaban J connectivity index is 1.76. The van der Waals surface area contributed by atoms with Crippen LogP contribution in [0, 0.1) is 11.6 Å². The van der Waals surface area contributed by atoms with E-state index in [1.807, 2.05) is 0 Å². The van der Waals surface area contributed by atoms with Crippen molar-refractivity contribution in [1.29, 1.82) is 0 Å². The zero-order chi connectivity index (χ0) is 16.7. The van der Waals surface area contributed by atoms with E-state index in [0.717, 1.165) is 24.3 Å². The molecular formula is C16H18F2N2O3. The summed E-state index contributed by atoms with van der Waals surface area (Å²) < 4.78 is 31.9. The van der Waals surface area contributed by atoms with Crippen LogP contribution in [0.4, 0.5) is 8.78 Å². The van der Waals surface area contributed by atoms with Gasteiger partial charge in [0.1, 0.15) is 11.6 Å². The van der Waals surface area contributed by atoms with E-state index in [9.17, 15) is 18.4 Å². The van der Waals surface area contributed by atoms with Gasteiger partial charge in [0, 0.05) is 37.7 Å². The highest BCUT2D eigenvalue weighted by molar-refractivity contribution is 5.92. The maximum atomic E-state index is 13.4. The summed E-state index contributed by atoms with van der Waals surface area (Å²) in [6, 6.07) is 3.47. The largest absolute Gasteiger partial charge is 0.378 e. The smallest absolute Gasteiger partial charge is 0.244 e. The normalized spacial score (nSPS) is 15.0. The van der Waals surface area contributed by atoms with Crippen molar-refractivity contribution in [2.24, 2.45) is 0 Å². The summed E-state index contributed by atoms with van der Waals surface area (Å²) in [4.78, 5) is 25.1. The average Bonchev–Trinajstić information content (AvgIpc) is 2.55. The molecule has 1 aromatic rings. The zero-order valence-corrected chi connectivity index (χ0v) is 12.6. The van der Waals surface area contributed by atoms with Crippen molar-refractivity contribution in [3.63, 3.8) is 0 Å². The van der Waals surface area contributed by atoms with Gasteiger partial charge in [-0.25, -0.2) is 8.78 Å². The van der Waals surface area contributed by atoms with E-state index < -0.39 is 17.5 Å². The van der Waals surface area contributed by atoms with E-state index in [-0.39, 0.29) is 24.4 Å². The second kappa shape index (κ2) is 8.38. The van der Waals surface area contributed by atoms with Crippen LogP contribution in [-0.2, 0) is 14.3 Å². The Kier molecular flexibility index (Phi) is 6.22. The molecule has 1 aliphatic heterocycles. The Morgan fingerprint density at radius 3 is 2.52 bits per heavy atom. The minimum Gasteiger partial charge on any atom is -0.378 e. The van der Waals surface area contributed by atoms with Crippen molar-refractivity contribution in [3.8, 4) is 0 Å². The molecule has 1 fully saturated rings. The summed E-state index contributed by atoms with van der Waals surface area (Å²) in [5.41, 5.74) is -0.271. The van der Waals surface area contributed by atoms with E-state index in [4.69, 9.17) is 4.74 Å². The number of amides is 2. The highest BCUT2D eigenvalue weighted by Crippen LogP contribution is 2.13. The summed E-state index contributed by atoms with van der Waals surface area (Å²) in [6.07, 6.45) is 2.29. The van der Waals surface area contributed by atoms with Gasteiger partial charge in [0.2, 0.25) is 11.8 Å². The standard InChI is InChI=1S/C16H18F2N2O3/c17-13-2-1-3-14(18)12(13)4-5-15(21)19-7-6-16(22)20-8-10-23-11-9-20/h1-5H,6-11H2,(H,19,21). The third-order valence-electron chi connectivity index (χ3n) is 3.40. The zero-order valence-electron chi connectivity index (χ0n) is 12.6. The lowest BCUT2D eigenvalue weighted by Crippen LogP contribution is -2.41. The quantitative estimate of drug-likeness (QED) is 0.832. The number of nitrogens with one attached hydrogen (secondary N) is 1. The molecule has 23 heavy (non-hydrogen) atoms. The molecule has 1 N–H and O–H groups in total. The first-order chi connectivity index (χ1) is 11.1. The van der Waals surface area contributed by atoms with Crippen molar-refractivity contribution in [3.05, 3.63) is 41.5 Å². The fourth-order valence-electron chi connectivity index (χ4n) is 2.15. The number of halogens is 2. The van der Waals surface area contributed by atoms with Gasteiger partial charge in [-0.2, -0.15) is 0 Å². The number of carbonyl (C=O) groups excluding carboxylic acids is 2. The molecular weight excluding hydrogens is 306 g/mol. The molecule has 2 amide bonds. The van der Waals surface area contributed by atoms with Crippen molar-refractivity contribution < 1.29 is 23.1 Å². The fraction of sp³-hybridized carbons (Fsp3) is 0.375. The Hall–Kier alpha value is -2.28. The van der Waals surface area contributed by atoms with Gasteiger partial charge in [-0.1, -0.05) is 6.07 Å². The first-order valence-electron chi connectivity index (χ1n) is 7.33. The first kappa shape index (κ1) is 17.1. The van der Waals surface area contributed by atoms with Crippen LogP contribution >= 0.6 is 0 Å². The van der Waals surface area contributed by atoms with Crippen LogP contribution in [0.15, 0.2) is 24.3 Å². The number of hydrogen-bond acceptors (Lipinski definition) is 3. The molecule has 1 aromatic carbocycles. The second-order valence-corrected chi connectivity index (χ2v) is 5.00. The van der Waals surface area contributed by atoms with Crippen LogP contribution in [0.5, 0.6) is 0 Å². The molecule has 0 aromatic heterocycles. The minimum absolute atomic E-state index is 0.0577. The molecule has 2 rings (SSSR count). The molecule has 0 radical (unpaired) electrons. The van der Waals surface area contributed by atoms with Crippen molar-refractivity contribution in [2.75, 3.05) is 32.8 Å². The minimum atomic E-state index is -0.739. The summed E-state index contributed by atoms with van der Waals surface area (Å²) >= 11 is 0. The number of benzene rings is 1. The second-order valence-electron chi connectivity index (χ2n) is 5.00. The van der Waals surface area contributed by atoms with Gasteiger partial charge in [-0.05, 0) is 18.2 Å². The maximum Gasteiger partial charge on any atom is 0.244 e. The molecule has 0 unspecified atom stereocenters. The fourth-order valence-corrected chi connectivity index (χ4v) is 2.15. The van der Waals surface area contributed by atoms with Gasteiger partial charge in [0.25, 0.3) is 0 Å². The predicted octanol–water partition coefficient (Wildman–Crippen LogP) is 1.34. The van der Waals surface area contributed by atoms with Crippen molar-refractivity contribution >= 4 is 17.9 Å². The van der Waals surface area contributed by atoms with Gasteiger partial charge < -0.3 is 15.0 Å². The summed E-state index contributed by atoms with van der Waals surface area (Å²) in [5, 5.41) is 2.51. The third-order valence-corrected chi connectivity index (χ3v) is 3.40. The Labute approximate surface area is 132 Å². The molecule has 1 aliphatic rings. The maximum absolute atomic E-state index is 13.4. The topological polar surface area (TPSA) is 58.6 Å². The number of ether oxygens (including phenoxy) is 1. The predicted molar refractivity (Wildman–Crippen MR) is 80.4 cm³/mol. The highest BCUT2D eigenvalue weighted by atomic mass is 19.1. The monoisotopic (exact) mass is 324 g/mol. The molecule has 0 aliphatic carbocycles. The molecule has 0 saturated carbocycles. The van der Waals surface area contributed by atoms with E-state index >= 15 is 0 Å². The lowest BCUT2D eigenvalue weighted by molar-refractivity contribution is -0.135. The Morgan fingerprint density at radius 2 is 1.87 bits per heavy atom. The summed E-state index contributed by atoms with van der Waals surface area (Å²) in [5.74, 6) is -2.05. The van der Waals surface area contributed by atoms with Gasteiger partial charge in [0.15, 0.2) is 0 Å². The molecule has 5 nitrogen and oxygen atoms in total. The molecule has 0 bridgehead atoms. The molecule has 1 heterocycles. The average molecular weight is 324 g/mol. The number of hydrogen-bond donors (Lipinski definition) is 1. The molecule has 124 valence electrons. The molecule has 0 spiro atoms. The SMILES string of the molecule is O=C(C=Cc1c(F)cccc1F)NCCC(=O)N1CCOCC1. The van der Waals surface area contributed by atoms with Crippen LogP contribution in [0.25, 0.3) is 6.08 Å². The van der Waals surface area contributed by atoms with Crippen molar-refractivity contribution in [2.45, 2.75) is 6.42 Å². The Morgan fingerprint density at radius 1 is 1.22 bits per heavy atom. The van der Waals surface area contributed by atoms with Gasteiger partial charge in [-0.15, -0.1) is 0 Å². The van der Waals surface area contributed by atoms with Crippen molar-refractivity contribution in [1.82, 2.24) is 10.2 Å². The van der Waals surface area contributed by atoms with Crippen LogP contribution < -0.4 is 5.32 Å². The van der Waals surface area contributed by atoms with Gasteiger partial charge in [-0.3, -0.25) is 9.59 Å². The van der Waals surface area contributed by atoms with E-state index in [1.165, 1.54) is 6.07 Å². The van der Waals surface area contributed by atoms with E-state index in [2.05, 4.69) is 5.32 Å². The lowest BCUT2D eigenvalue weighted by Gasteiger charge is -2.26. The summed E-state index contributed by atoms with van der Waals surface area (Å²) in [6.45, 7) is 2.32. The third kappa shape index (κ3) is 5.14. The number of rotatable bonds is 5. The molecule has 7 heteroatoms. The molecule has 0 atom stereocenters. The first-order valence-corrected chi connectivity index (χ1v) is 7.33. The number of morpholine rings is 1. The van der Waals surface area contributed by atoms with E-state index in [1.54, 1.807) is 4.90 Å². The lowest BCUT2D eigenvalue weighted by atomic mass is 10.2. The highest BCUT2D eigenvalue weighted by Gasteiger charge is 2.16. The molecule has 1 saturated heterocycles. The van der Waals surface area contributed by atoms with Gasteiger partial charge in [0.05, 0.1) is 13.2 Å². The van der Waals surface area contributed by atoms with E-state index in [0.29, 0.717) is 26.3 Å².